The van der Waals surface area contributed by atoms with E-state index in [2.05, 4.69) is 10.6 Å². The Bertz CT molecular complexity index is 539. The normalized spacial score (nSPS) is 18.3. The summed E-state index contributed by atoms with van der Waals surface area (Å²) in [5, 5.41) is 5.43. The molecule has 0 saturated carbocycles. The summed E-state index contributed by atoms with van der Waals surface area (Å²) in [6.45, 7) is 4.86. The Labute approximate surface area is 133 Å². The summed E-state index contributed by atoms with van der Waals surface area (Å²) in [4.78, 5) is 12.0. The number of carbonyl (C=O) groups is 1. The van der Waals surface area contributed by atoms with E-state index in [4.69, 9.17) is 4.74 Å². The van der Waals surface area contributed by atoms with Crippen LogP contribution in [0.25, 0.3) is 0 Å². The number of ether oxygens (including phenoxy) is 1. The minimum atomic E-state index is -1.52. The van der Waals surface area contributed by atoms with Gasteiger partial charge in [-0.3, -0.25) is 0 Å². The van der Waals surface area contributed by atoms with Crippen LogP contribution in [-0.2, 0) is 4.74 Å². The number of carbonyl (C=O) groups excluding carboxylic acids is 1. The fraction of sp³-hybridized carbons (Fsp3) is 0.562. The molecule has 1 aromatic carbocycles. The summed E-state index contributed by atoms with van der Waals surface area (Å²) in [5.74, 6) is -3.72. The maximum atomic E-state index is 13.2. The van der Waals surface area contributed by atoms with Gasteiger partial charge in [0.1, 0.15) is 0 Å². The van der Waals surface area contributed by atoms with Crippen LogP contribution in [0.15, 0.2) is 12.1 Å². The molecule has 0 aromatic heterocycles. The summed E-state index contributed by atoms with van der Waals surface area (Å²) in [7, 11) is 0. The third kappa shape index (κ3) is 4.60. The fourth-order valence-electron chi connectivity index (χ4n) is 2.69. The number of nitrogens with one attached hydrogen (secondary N) is 2. The highest BCUT2D eigenvalue weighted by atomic mass is 19.2. The minimum Gasteiger partial charge on any atom is -0.381 e. The van der Waals surface area contributed by atoms with Crippen LogP contribution in [0.3, 0.4) is 0 Å². The summed E-state index contributed by atoms with van der Waals surface area (Å²) in [5.41, 5.74) is 0.162. The molecule has 0 unspecified atom stereocenters. The number of rotatable bonds is 4. The molecule has 1 aromatic rings. The SMILES string of the molecule is C[C@H](NC(=O)N[C@@H](C)C1CCOCC1)c1cc(F)c(F)c(F)c1. The monoisotopic (exact) mass is 330 g/mol. The van der Waals surface area contributed by atoms with Gasteiger partial charge in [0.15, 0.2) is 17.5 Å². The minimum absolute atomic E-state index is 0.0345. The fourth-order valence-corrected chi connectivity index (χ4v) is 2.69. The molecule has 0 aliphatic carbocycles. The summed E-state index contributed by atoms with van der Waals surface area (Å²) < 4.78 is 44.7. The highest BCUT2D eigenvalue weighted by Gasteiger charge is 2.23. The molecule has 2 N–H and O–H groups in total. The van der Waals surface area contributed by atoms with Crippen molar-refractivity contribution in [2.45, 2.75) is 38.8 Å². The van der Waals surface area contributed by atoms with Crippen LogP contribution in [0.5, 0.6) is 0 Å². The molecule has 2 amide bonds. The molecule has 4 nitrogen and oxygen atoms in total. The van der Waals surface area contributed by atoms with Gasteiger partial charge in [-0.15, -0.1) is 0 Å². The van der Waals surface area contributed by atoms with E-state index in [-0.39, 0.29) is 11.6 Å². The van der Waals surface area contributed by atoms with Crippen LogP contribution in [0.4, 0.5) is 18.0 Å². The van der Waals surface area contributed by atoms with Crippen LogP contribution in [0.2, 0.25) is 0 Å². The predicted octanol–water partition coefficient (Wildman–Crippen LogP) is 3.28. The standard InChI is InChI=1S/C16H21F3N2O2/c1-9(11-3-5-23-6-4-11)20-16(22)21-10(2)12-7-13(17)15(19)14(18)8-12/h7-11H,3-6H2,1-2H3,(H2,20,21,22)/t9-,10-/m0/s1. The van der Waals surface area contributed by atoms with Gasteiger partial charge in [-0.05, 0) is 50.3 Å². The van der Waals surface area contributed by atoms with Crippen LogP contribution < -0.4 is 10.6 Å². The number of amides is 2. The molecule has 2 atom stereocenters. The van der Waals surface area contributed by atoms with Crippen molar-refractivity contribution < 1.29 is 22.7 Å². The summed E-state index contributed by atoms with van der Waals surface area (Å²) >= 11 is 0. The van der Waals surface area contributed by atoms with Crippen molar-refractivity contribution in [3.8, 4) is 0 Å². The number of urea groups is 1. The molecule has 0 spiro atoms. The van der Waals surface area contributed by atoms with E-state index in [9.17, 15) is 18.0 Å². The van der Waals surface area contributed by atoms with Crippen LogP contribution in [0.1, 0.15) is 38.3 Å². The lowest BCUT2D eigenvalue weighted by Crippen LogP contribution is -2.45. The third-order valence-electron chi connectivity index (χ3n) is 4.19. The lowest BCUT2D eigenvalue weighted by atomic mass is 9.93. The van der Waals surface area contributed by atoms with E-state index >= 15 is 0 Å². The van der Waals surface area contributed by atoms with E-state index in [1.165, 1.54) is 0 Å². The Morgan fingerprint density at radius 3 is 2.26 bits per heavy atom. The van der Waals surface area contributed by atoms with Gasteiger partial charge >= 0.3 is 6.03 Å². The van der Waals surface area contributed by atoms with Crippen LogP contribution >= 0.6 is 0 Å². The zero-order valence-electron chi connectivity index (χ0n) is 13.2. The maximum Gasteiger partial charge on any atom is 0.315 e. The molecule has 0 radical (unpaired) electrons. The second-order valence-electron chi connectivity index (χ2n) is 5.88. The zero-order valence-corrected chi connectivity index (χ0v) is 13.2. The van der Waals surface area contributed by atoms with Crippen molar-refractivity contribution in [3.05, 3.63) is 35.1 Å². The van der Waals surface area contributed by atoms with E-state index in [0.717, 1.165) is 25.0 Å². The van der Waals surface area contributed by atoms with E-state index in [1.54, 1.807) is 6.92 Å². The molecule has 1 aliphatic heterocycles. The van der Waals surface area contributed by atoms with Gasteiger partial charge in [-0.25, -0.2) is 18.0 Å². The molecule has 1 saturated heterocycles. The van der Waals surface area contributed by atoms with Gasteiger partial charge in [0, 0.05) is 19.3 Å². The van der Waals surface area contributed by atoms with Gasteiger partial charge in [0.2, 0.25) is 0 Å². The molecule has 1 aliphatic rings. The van der Waals surface area contributed by atoms with Crippen LogP contribution in [0, 0.1) is 23.4 Å². The third-order valence-corrected chi connectivity index (χ3v) is 4.19. The topological polar surface area (TPSA) is 50.4 Å². The van der Waals surface area contributed by atoms with Crippen molar-refractivity contribution >= 4 is 6.03 Å². The highest BCUT2D eigenvalue weighted by Crippen LogP contribution is 2.20. The zero-order chi connectivity index (χ0) is 17.0. The molecule has 7 heteroatoms. The van der Waals surface area contributed by atoms with E-state index in [0.29, 0.717) is 19.1 Å². The molecule has 1 fully saturated rings. The average Bonchev–Trinajstić information content (AvgIpc) is 2.52. The first-order valence-corrected chi connectivity index (χ1v) is 7.67. The number of benzene rings is 1. The molecular formula is C16H21F3N2O2. The lowest BCUT2D eigenvalue weighted by molar-refractivity contribution is 0.0570. The van der Waals surface area contributed by atoms with Gasteiger partial charge in [0.05, 0.1) is 6.04 Å². The van der Waals surface area contributed by atoms with E-state index < -0.39 is 29.5 Å². The smallest absolute Gasteiger partial charge is 0.315 e. The van der Waals surface area contributed by atoms with Crippen molar-refractivity contribution in [2.75, 3.05) is 13.2 Å². The highest BCUT2D eigenvalue weighted by molar-refractivity contribution is 5.74. The van der Waals surface area contributed by atoms with Crippen LogP contribution in [-0.4, -0.2) is 25.3 Å². The van der Waals surface area contributed by atoms with Crippen molar-refractivity contribution in [1.82, 2.24) is 10.6 Å². The van der Waals surface area contributed by atoms with Crippen molar-refractivity contribution in [2.24, 2.45) is 5.92 Å². The first kappa shape index (κ1) is 17.6. The predicted molar refractivity (Wildman–Crippen MR) is 79.4 cm³/mol. The second-order valence-corrected chi connectivity index (χ2v) is 5.88. The first-order valence-electron chi connectivity index (χ1n) is 7.67. The van der Waals surface area contributed by atoms with Crippen molar-refractivity contribution in [3.63, 3.8) is 0 Å². The largest absolute Gasteiger partial charge is 0.381 e. The second kappa shape index (κ2) is 7.68. The Balaban J connectivity index is 1.91. The Hall–Kier alpha value is -1.76. The van der Waals surface area contributed by atoms with Gasteiger partial charge < -0.3 is 15.4 Å². The molecule has 1 heterocycles. The molecule has 0 bridgehead atoms. The Morgan fingerprint density at radius 2 is 1.70 bits per heavy atom. The average molecular weight is 330 g/mol. The molecule has 2 rings (SSSR count). The number of halogens is 3. The summed E-state index contributed by atoms with van der Waals surface area (Å²) in [6.07, 6.45) is 1.76. The van der Waals surface area contributed by atoms with Gasteiger partial charge in [-0.2, -0.15) is 0 Å². The Kier molecular flexibility index (Phi) is 5.87. The molecule has 23 heavy (non-hydrogen) atoms. The van der Waals surface area contributed by atoms with E-state index in [1.807, 2.05) is 6.92 Å². The first-order chi connectivity index (χ1) is 10.9. The number of hydrogen-bond donors (Lipinski definition) is 2. The van der Waals surface area contributed by atoms with Gasteiger partial charge in [0.25, 0.3) is 0 Å². The molecule has 128 valence electrons. The van der Waals surface area contributed by atoms with Crippen molar-refractivity contribution in [1.29, 1.82) is 0 Å². The quantitative estimate of drug-likeness (QED) is 0.833. The lowest BCUT2D eigenvalue weighted by Gasteiger charge is -2.29. The summed E-state index contributed by atoms with van der Waals surface area (Å²) in [6, 6.07) is 0.646. The number of hydrogen-bond acceptors (Lipinski definition) is 2. The maximum absolute atomic E-state index is 13.2. The Morgan fingerprint density at radius 1 is 1.13 bits per heavy atom. The molecular weight excluding hydrogens is 309 g/mol. The van der Waals surface area contributed by atoms with Gasteiger partial charge in [-0.1, -0.05) is 0 Å².